The molecule has 3 aromatic rings. The predicted molar refractivity (Wildman–Crippen MR) is 93.5 cm³/mol. The Balaban J connectivity index is 1.48. The monoisotopic (exact) mass is 352 g/mol. The lowest BCUT2D eigenvalue weighted by Crippen LogP contribution is -2.31. The lowest BCUT2D eigenvalue weighted by Gasteiger charge is -2.13. The van der Waals surface area contributed by atoms with Gasteiger partial charge in [-0.3, -0.25) is 19.3 Å². The molecule has 0 saturated carbocycles. The molecule has 4 rings (SSSR count). The quantitative estimate of drug-likeness (QED) is 0.658. The Morgan fingerprint density at radius 3 is 2.31 bits per heavy atom. The minimum absolute atomic E-state index is 0.221. The van der Waals surface area contributed by atoms with Crippen molar-refractivity contribution in [2.45, 2.75) is 13.0 Å². The number of carbonyl (C=O) groups is 2. The van der Waals surface area contributed by atoms with E-state index in [-0.39, 0.29) is 30.5 Å². The van der Waals surface area contributed by atoms with Crippen LogP contribution < -0.4 is 10.3 Å². The molecule has 1 aromatic heterocycles. The van der Waals surface area contributed by atoms with Crippen LogP contribution in [-0.4, -0.2) is 35.1 Å². The molecular formula is C19H16N2O5. The summed E-state index contributed by atoms with van der Waals surface area (Å²) in [5.74, 6) is 0.00371. The molecule has 0 N–H and O–H groups in total. The molecule has 0 unspecified atom stereocenters. The highest BCUT2D eigenvalue weighted by molar-refractivity contribution is 6.21. The van der Waals surface area contributed by atoms with Crippen molar-refractivity contribution in [2.24, 2.45) is 0 Å². The Morgan fingerprint density at radius 2 is 1.65 bits per heavy atom. The molecule has 132 valence electrons. The average Bonchev–Trinajstić information content (AvgIpc) is 3.11. The van der Waals surface area contributed by atoms with Gasteiger partial charge in [0.25, 0.3) is 17.4 Å². The van der Waals surface area contributed by atoms with Crippen molar-refractivity contribution >= 4 is 22.8 Å². The van der Waals surface area contributed by atoms with Crippen molar-refractivity contribution in [1.82, 2.24) is 9.64 Å². The van der Waals surface area contributed by atoms with E-state index in [2.05, 4.69) is 0 Å². The fourth-order valence-electron chi connectivity index (χ4n) is 3.14. The van der Waals surface area contributed by atoms with E-state index in [1.807, 2.05) is 0 Å². The topological polar surface area (TPSA) is 81.8 Å². The number of amides is 2. The van der Waals surface area contributed by atoms with Gasteiger partial charge in [0.15, 0.2) is 5.58 Å². The van der Waals surface area contributed by atoms with Crippen molar-refractivity contribution in [3.63, 3.8) is 0 Å². The second-order valence-electron chi connectivity index (χ2n) is 6.02. The summed E-state index contributed by atoms with van der Waals surface area (Å²) in [4.78, 5) is 38.2. The number of rotatable bonds is 5. The van der Waals surface area contributed by atoms with E-state index in [1.165, 1.54) is 9.64 Å². The zero-order chi connectivity index (χ0) is 18.3. The van der Waals surface area contributed by atoms with E-state index in [9.17, 15) is 14.4 Å². The highest BCUT2D eigenvalue weighted by Crippen LogP contribution is 2.23. The molecule has 1 aliphatic rings. The second kappa shape index (κ2) is 6.18. The van der Waals surface area contributed by atoms with E-state index in [0.717, 1.165) is 0 Å². The van der Waals surface area contributed by atoms with E-state index in [4.69, 9.17) is 9.26 Å². The molecule has 0 spiro atoms. The predicted octanol–water partition coefficient (Wildman–Crippen LogP) is 2.29. The summed E-state index contributed by atoms with van der Waals surface area (Å²) >= 11 is 0. The van der Waals surface area contributed by atoms with Crippen molar-refractivity contribution in [3.8, 4) is 5.75 Å². The highest BCUT2D eigenvalue weighted by Gasteiger charge is 2.34. The molecule has 0 aliphatic carbocycles. The van der Waals surface area contributed by atoms with Gasteiger partial charge in [0.05, 0.1) is 30.2 Å². The van der Waals surface area contributed by atoms with Gasteiger partial charge in [-0.1, -0.05) is 12.1 Å². The maximum absolute atomic E-state index is 12.3. The lowest BCUT2D eigenvalue weighted by atomic mass is 10.1. The van der Waals surface area contributed by atoms with Crippen molar-refractivity contribution in [2.75, 3.05) is 13.7 Å². The van der Waals surface area contributed by atoms with Crippen molar-refractivity contribution in [1.29, 1.82) is 0 Å². The molecule has 0 bridgehead atoms. The van der Waals surface area contributed by atoms with Crippen LogP contribution in [0.5, 0.6) is 5.75 Å². The Hall–Kier alpha value is -3.35. The number of benzene rings is 2. The Bertz CT molecular complexity index is 1040. The molecule has 2 heterocycles. The molecular weight excluding hydrogens is 336 g/mol. The van der Waals surface area contributed by atoms with Gasteiger partial charge >= 0.3 is 0 Å². The van der Waals surface area contributed by atoms with Crippen LogP contribution in [0.25, 0.3) is 11.0 Å². The van der Waals surface area contributed by atoms with Gasteiger partial charge < -0.3 is 9.26 Å². The van der Waals surface area contributed by atoms with Gasteiger partial charge in [0.2, 0.25) is 0 Å². The van der Waals surface area contributed by atoms with E-state index >= 15 is 0 Å². The zero-order valence-electron chi connectivity index (χ0n) is 14.1. The Morgan fingerprint density at radius 1 is 0.962 bits per heavy atom. The third-order valence-corrected chi connectivity index (χ3v) is 4.48. The van der Waals surface area contributed by atoms with Gasteiger partial charge in [-0.15, -0.1) is 0 Å². The number of hydrogen-bond donors (Lipinski definition) is 0. The third-order valence-electron chi connectivity index (χ3n) is 4.48. The molecule has 2 amide bonds. The normalized spacial score (nSPS) is 13.5. The first-order valence-electron chi connectivity index (χ1n) is 8.23. The van der Waals surface area contributed by atoms with Crippen LogP contribution in [0.15, 0.2) is 51.8 Å². The largest absolute Gasteiger partial charge is 0.497 e. The first kappa shape index (κ1) is 16.1. The standard InChI is InChI=1S/C19H16N2O5/c1-25-12-7-8-15-16(11-12)26-21(19(15)24)10-4-9-20-17(22)13-5-2-3-6-14(13)18(20)23/h2-3,5-8,11H,4,9-10H2,1H3. The number of hydrogen-bond acceptors (Lipinski definition) is 5. The minimum atomic E-state index is -0.299. The molecule has 0 saturated heterocycles. The lowest BCUT2D eigenvalue weighted by molar-refractivity contribution is 0.0647. The van der Waals surface area contributed by atoms with Crippen LogP contribution >= 0.6 is 0 Å². The Labute approximate surface area is 148 Å². The summed E-state index contributed by atoms with van der Waals surface area (Å²) in [7, 11) is 1.54. The van der Waals surface area contributed by atoms with Crippen LogP contribution in [0.1, 0.15) is 27.1 Å². The van der Waals surface area contributed by atoms with E-state index in [1.54, 1.807) is 49.6 Å². The van der Waals surface area contributed by atoms with Crippen LogP contribution in [0.4, 0.5) is 0 Å². The van der Waals surface area contributed by atoms with Gasteiger partial charge in [-0.25, -0.2) is 0 Å². The van der Waals surface area contributed by atoms with Crippen LogP contribution in [-0.2, 0) is 6.54 Å². The number of ether oxygens (including phenoxy) is 1. The number of methoxy groups -OCH3 is 1. The highest BCUT2D eigenvalue weighted by atomic mass is 16.5. The molecule has 0 atom stereocenters. The molecule has 7 nitrogen and oxygen atoms in total. The maximum Gasteiger partial charge on any atom is 0.290 e. The SMILES string of the molecule is COc1ccc2c(=O)n(CCCN3C(=O)c4ccccc4C3=O)oc2c1. The average molecular weight is 352 g/mol. The molecule has 0 fully saturated rings. The summed E-state index contributed by atoms with van der Waals surface area (Å²) in [5, 5.41) is 0.464. The maximum atomic E-state index is 12.3. The first-order chi connectivity index (χ1) is 12.6. The number of aromatic nitrogens is 1. The summed E-state index contributed by atoms with van der Waals surface area (Å²) < 4.78 is 11.9. The minimum Gasteiger partial charge on any atom is -0.497 e. The van der Waals surface area contributed by atoms with Gasteiger partial charge in [-0.2, -0.15) is 4.74 Å². The smallest absolute Gasteiger partial charge is 0.290 e. The number of nitrogens with zero attached hydrogens (tertiary/aromatic N) is 2. The fourth-order valence-corrected chi connectivity index (χ4v) is 3.14. The van der Waals surface area contributed by atoms with Gasteiger partial charge in [0, 0.05) is 12.6 Å². The summed E-state index contributed by atoms with van der Waals surface area (Å²) in [6.45, 7) is 0.488. The number of aryl methyl sites for hydroxylation is 1. The molecule has 26 heavy (non-hydrogen) atoms. The molecule has 7 heteroatoms. The van der Waals surface area contributed by atoms with E-state index < -0.39 is 0 Å². The summed E-state index contributed by atoms with van der Waals surface area (Å²) in [6.07, 6.45) is 0.419. The number of imide groups is 1. The van der Waals surface area contributed by atoms with Crippen molar-refractivity contribution < 1.29 is 18.8 Å². The zero-order valence-corrected chi connectivity index (χ0v) is 14.1. The van der Waals surface area contributed by atoms with Crippen LogP contribution in [0.3, 0.4) is 0 Å². The van der Waals surface area contributed by atoms with Crippen LogP contribution in [0, 0.1) is 0 Å². The fraction of sp³-hybridized carbons (Fsp3) is 0.211. The van der Waals surface area contributed by atoms with Gasteiger partial charge in [0.1, 0.15) is 5.75 Å². The molecule has 0 radical (unpaired) electrons. The third kappa shape index (κ3) is 2.48. The van der Waals surface area contributed by atoms with Crippen LogP contribution in [0.2, 0.25) is 0 Å². The number of fused-ring (bicyclic) bond motifs is 2. The van der Waals surface area contributed by atoms with E-state index in [0.29, 0.717) is 34.3 Å². The van der Waals surface area contributed by atoms with Crippen molar-refractivity contribution in [3.05, 3.63) is 63.9 Å². The first-order valence-corrected chi connectivity index (χ1v) is 8.23. The molecule has 2 aromatic carbocycles. The van der Waals surface area contributed by atoms with Gasteiger partial charge in [-0.05, 0) is 30.7 Å². The number of carbonyl (C=O) groups excluding carboxylic acids is 2. The Kier molecular flexibility index (Phi) is 3.84. The molecule has 1 aliphatic heterocycles. The summed E-state index contributed by atoms with van der Waals surface area (Å²) in [5.41, 5.74) is 1.04. The second-order valence-corrected chi connectivity index (χ2v) is 6.02. The summed E-state index contributed by atoms with van der Waals surface area (Å²) in [6, 6.07) is 11.8.